The molecule has 0 atom stereocenters. The smallest absolute Gasteiger partial charge is 0.101 e. The van der Waals surface area contributed by atoms with Gasteiger partial charge in [-0.3, -0.25) is 0 Å². The first-order chi connectivity index (χ1) is 15.2. The van der Waals surface area contributed by atoms with Crippen LogP contribution in [-0.2, 0) is 6.42 Å². The topological polar surface area (TPSA) is 0 Å². The molecule has 0 radical (unpaired) electrons. The molecule has 0 spiro atoms. The molecule has 2 rings (SSSR count). The number of rotatable bonds is 16. The van der Waals surface area contributed by atoms with E-state index < -0.39 is 0 Å². The van der Waals surface area contributed by atoms with Crippen LogP contribution in [-0.4, -0.2) is 0 Å². The van der Waals surface area contributed by atoms with E-state index in [1.807, 2.05) is 12.1 Å². The predicted octanol–water partition coefficient (Wildman–Crippen LogP) is 10.3. The van der Waals surface area contributed by atoms with Gasteiger partial charge in [0.25, 0.3) is 0 Å². The normalized spacial score (nSPS) is 11.8. The van der Waals surface area contributed by atoms with Crippen molar-refractivity contribution in [3.8, 4) is 11.1 Å². The second-order valence-corrected chi connectivity index (χ2v) is 8.95. The summed E-state index contributed by atoms with van der Waals surface area (Å²) in [5, 5.41) is 0. The molecule has 0 fully saturated rings. The molecule has 31 heavy (non-hydrogen) atoms. The summed E-state index contributed by atoms with van der Waals surface area (Å²) in [6, 6.07) is 17.2. The van der Waals surface area contributed by atoms with Crippen LogP contribution in [0.25, 0.3) is 17.2 Å². The molecule has 0 aromatic heterocycles. The summed E-state index contributed by atoms with van der Waals surface area (Å²) in [4.78, 5) is 0. The van der Waals surface area contributed by atoms with Gasteiger partial charge in [-0.05, 0) is 54.0 Å². The molecule has 0 bridgehead atoms. The van der Waals surface area contributed by atoms with E-state index in [0.717, 1.165) is 18.4 Å². The molecule has 2 aromatic rings. The Kier molecular flexibility index (Phi) is 13.0. The van der Waals surface area contributed by atoms with Crippen LogP contribution in [0.2, 0.25) is 0 Å². The highest BCUT2D eigenvalue weighted by molar-refractivity contribution is 5.66. The third-order valence-corrected chi connectivity index (χ3v) is 6.11. The van der Waals surface area contributed by atoms with Gasteiger partial charge in [-0.25, -0.2) is 4.39 Å². The largest absolute Gasteiger partial charge is 0.212 e. The van der Waals surface area contributed by atoms with Crippen LogP contribution in [0.4, 0.5) is 4.39 Å². The fourth-order valence-corrected chi connectivity index (χ4v) is 4.07. The minimum Gasteiger partial charge on any atom is -0.212 e. The molecule has 0 amide bonds. The second kappa shape index (κ2) is 15.8. The van der Waals surface area contributed by atoms with E-state index >= 15 is 0 Å². The predicted molar refractivity (Wildman–Crippen MR) is 136 cm³/mol. The average molecular weight is 423 g/mol. The summed E-state index contributed by atoms with van der Waals surface area (Å²) in [6.45, 7) is 4.47. The maximum absolute atomic E-state index is 14.1. The lowest BCUT2D eigenvalue weighted by molar-refractivity contribution is 0.552. The average Bonchev–Trinajstić information content (AvgIpc) is 2.79. The summed E-state index contributed by atoms with van der Waals surface area (Å²) in [5.74, 6) is -0.000958. The monoisotopic (exact) mass is 422 g/mol. The molecule has 0 aliphatic heterocycles. The molecule has 0 aliphatic rings. The molecule has 0 heterocycles. The van der Waals surface area contributed by atoms with Crippen molar-refractivity contribution in [2.45, 2.75) is 104 Å². The number of allylic oxidation sites excluding steroid dienone is 1. The highest BCUT2D eigenvalue weighted by atomic mass is 19.1. The SMILES string of the molecule is CCCCCCCCCc1ccc(-c2ccc(C=C(F)CCCCCCC)cc2)cc1. The summed E-state index contributed by atoms with van der Waals surface area (Å²) in [5.41, 5.74) is 4.80. The van der Waals surface area contributed by atoms with Crippen molar-refractivity contribution in [1.29, 1.82) is 0 Å². The summed E-state index contributed by atoms with van der Waals surface area (Å²) < 4.78 is 14.1. The quantitative estimate of drug-likeness (QED) is 0.236. The van der Waals surface area contributed by atoms with Crippen LogP contribution >= 0.6 is 0 Å². The highest BCUT2D eigenvalue weighted by Crippen LogP contribution is 2.23. The first-order valence-corrected chi connectivity index (χ1v) is 12.8. The summed E-state index contributed by atoms with van der Waals surface area (Å²) in [7, 11) is 0. The van der Waals surface area contributed by atoms with Crippen LogP contribution in [0.3, 0.4) is 0 Å². The Morgan fingerprint density at radius 3 is 1.68 bits per heavy atom. The van der Waals surface area contributed by atoms with Gasteiger partial charge in [-0.1, -0.05) is 127 Å². The molecule has 0 saturated carbocycles. The molecular weight excluding hydrogens is 379 g/mol. The Morgan fingerprint density at radius 2 is 1.10 bits per heavy atom. The van der Waals surface area contributed by atoms with Crippen LogP contribution < -0.4 is 0 Å². The first kappa shape index (κ1) is 25.4. The van der Waals surface area contributed by atoms with Crippen LogP contribution in [0.5, 0.6) is 0 Å². The first-order valence-electron chi connectivity index (χ1n) is 12.8. The number of halogens is 1. The molecule has 0 N–H and O–H groups in total. The number of benzene rings is 2. The van der Waals surface area contributed by atoms with E-state index in [4.69, 9.17) is 0 Å². The third-order valence-electron chi connectivity index (χ3n) is 6.11. The Morgan fingerprint density at radius 1 is 0.613 bits per heavy atom. The zero-order valence-electron chi connectivity index (χ0n) is 20.0. The Balaban J connectivity index is 1.76. The van der Waals surface area contributed by atoms with E-state index in [0.29, 0.717) is 6.42 Å². The van der Waals surface area contributed by atoms with E-state index in [-0.39, 0.29) is 5.83 Å². The maximum Gasteiger partial charge on any atom is 0.101 e. The molecule has 0 aliphatic carbocycles. The Hall–Kier alpha value is -1.89. The molecule has 170 valence electrons. The molecular formula is C30H43F. The fraction of sp³-hybridized carbons (Fsp3) is 0.533. The lowest BCUT2D eigenvalue weighted by Crippen LogP contribution is -1.87. The second-order valence-electron chi connectivity index (χ2n) is 8.95. The highest BCUT2D eigenvalue weighted by Gasteiger charge is 2.01. The van der Waals surface area contributed by atoms with E-state index in [2.05, 4.69) is 50.2 Å². The standard InChI is InChI=1S/C30H43F/c1-3-5-7-9-10-12-13-15-26-17-21-28(22-18-26)29-23-19-27(20-24-29)25-30(31)16-14-11-8-6-4-2/h17-25H,3-16H2,1-2H3. The van der Waals surface area contributed by atoms with Gasteiger partial charge in [0.15, 0.2) is 0 Å². The van der Waals surface area contributed by atoms with E-state index in [9.17, 15) is 4.39 Å². The zero-order valence-corrected chi connectivity index (χ0v) is 20.0. The molecule has 2 aromatic carbocycles. The van der Waals surface area contributed by atoms with Crippen molar-refractivity contribution in [3.63, 3.8) is 0 Å². The van der Waals surface area contributed by atoms with Gasteiger partial charge in [-0.15, -0.1) is 0 Å². The number of unbranched alkanes of at least 4 members (excludes halogenated alkanes) is 10. The van der Waals surface area contributed by atoms with E-state index in [1.165, 1.54) is 87.3 Å². The number of hydrogen-bond donors (Lipinski definition) is 0. The van der Waals surface area contributed by atoms with Crippen molar-refractivity contribution in [2.24, 2.45) is 0 Å². The van der Waals surface area contributed by atoms with Gasteiger partial charge in [-0.2, -0.15) is 0 Å². The van der Waals surface area contributed by atoms with Crippen LogP contribution in [0.1, 0.15) is 108 Å². The molecule has 0 saturated heterocycles. The van der Waals surface area contributed by atoms with Gasteiger partial charge >= 0.3 is 0 Å². The minimum absolute atomic E-state index is 0.000958. The van der Waals surface area contributed by atoms with Gasteiger partial charge < -0.3 is 0 Å². The zero-order chi connectivity index (χ0) is 22.2. The van der Waals surface area contributed by atoms with Crippen molar-refractivity contribution >= 4 is 6.08 Å². The number of hydrogen-bond acceptors (Lipinski definition) is 0. The van der Waals surface area contributed by atoms with Crippen LogP contribution in [0.15, 0.2) is 54.4 Å². The van der Waals surface area contributed by atoms with Crippen molar-refractivity contribution in [3.05, 3.63) is 65.5 Å². The molecule has 0 nitrogen and oxygen atoms in total. The Labute approximate surface area is 191 Å². The van der Waals surface area contributed by atoms with Crippen LogP contribution in [0, 0.1) is 0 Å². The summed E-state index contributed by atoms with van der Waals surface area (Å²) in [6.07, 6.45) is 18.7. The van der Waals surface area contributed by atoms with Gasteiger partial charge in [0, 0.05) is 0 Å². The van der Waals surface area contributed by atoms with Gasteiger partial charge in [0.1, 0.15) is 5.83 Å². The van der Waals surface area contributed by atoms with Crippen molar-refractivity contribution in [1.82, 2.24) is 0 Å². The third kappa shape index (κ3) is 10.8. The maximum atomic E-state index is 14.1. The van der Waals surface area contributed by atoms with Gasteiger partial charge in [0.2, 0.25) is 0 Å². The van der Waals surface area contributed by atoms with Crippen molar-refractivity contribution < 1.29 is 4.39 Å². The Bertz CT molecular complexity index is 724. The minimum atomic E-state index is -0.000958. The lowest BCUT2D eigenvalue weighted by Gasteiger charge is -2.06. The number of aryl methyl sites for hydroxylation is 1. The fourth-order valence-electron chi connectivity index (χ4n) is 4.07. The van der Waals surface area contributed by atoms with E-state index in [1.54, 1.807) is 6.08 Å². The molecule has 0 unspecified atom stereocenters. The van der Waals surface area contributed by atoms with Gasteiger partial charge in [0.05, 0.1) is 0 Å². The summed E-state index contributed by atoms with van der Waals surface area (Å²) >= 11 is 0. The molecule has 1 heteroatoms. The lowest BCUT2D eigenvalue weighted by atomic mass is 9.99. The van der Waals surface area contributed by atoms with Crippen molar-refractivity contribution in [2.75, 3.05) is 0 Å².